The van der Waals surface area contributed by atoms with E-state index < -0.39 is 11.1 Å². The fourth-order valence-electron chi connectivity index (χ4n) is 1.74. The smallest absolute Gasteiger partial charge is 0.429 e. The second kappa shape index (κ2) is 8.02. The van der Waals surface area contributed by atoms with Crippen molar-refractivity contribution in [2.75, 3.05) is 5.43 Å². The van der Waals surface area contributed by atoms with Crippen molar-refractivity contribution in [2.45, 2.75) is 6.61 Å². The second-order valence-corrected chi connectivity index (χ2v) is 5.31. The molecule has 10 heteroatoms. The predicted molar refractivity (Wildman–Crippen MR) is 87.5 cm³/mol. The first-order chi connectivity index (χ1) is 11.5. The van der Waals surface area contributed by atoms with Gasteiger partial charge in [-0.2, -0.15) is 0 Å². The molecular formula is C14H10BrN3O6. The molecular weight excluding hydrogens is 386 g/mol. The lowest BCUT2D eigenvalue weighted by Gasteiger charge is -2.07. The van der Waals surface area contributed by atoms with Crippen LogP contribution in [0.4, 0.5) is 16.2 Å². The molecule has 0 aromatic heterocycles. The van der Waals surface area contributed by atoms with Crippen LogP contribution in [-0.4, -0.2) is 11.1 Å². The number of carbonyl (C=O) groups is 1. The van der Waals surface area contributed by atoms with Crippen molar-refractivity contribution < 1.29 is 19.2 Å². The number of hydrogen-bond acceptors (Lipinski definition) is 7. The molecule has 0 aliphatic rings. The molecule has 0 atom stereocenters. The number of ether oxygens (including phenoxy) is 2. The van der Waals surface area contributed by atoms with Crippen LogP contribution in [0.2, 0.25) is 0 Å². The summed E-state index contributed by atoms with van der Waals surface area (Å²) in [6, 6.07) is 10.2. The van der Waals surface area contributed by atoms with E-state index in [1.165, 1.54) is 36.4 Å². The van der Waals surface area contributed by atoms with E-state index in [-0.39, 0.29) is 23.6 Å². The highest BCUT2D eigenvalue weighted by Gasteiger charge is 2.16. The Morgan fingerprint density at radius 2 is 1.96 bits per heavy atom. The zero-order chi connectivity index (χ0) is 17.5. The van der Waals surface area contributed by atoms with Gasteiger partial charge in [0.1, 0.15) is 12.4 Å². The number of hydrogen-bond donors (Lipinski definition) is 1. The van der Waals surface area contributed by atoms with Crippen LogP contribution in [-0.2, 0) is 11.3 Å². The molecule has 2 aromatic carbocycles. The molecule has 124 valence electrons. The van der Waals surface area contributed by atoms with Crippen LogP contribution < -0.4 is 10.2 Å². The summed E-state index contributed by atoms with van der Waals surface area (Å²) in [5.41, 5.74) is 2.67. The Morgan fingerprint density at radius 3 is 2.58 bits per heavy atom. The van der Waals surface area contributed by atoms with Crippen LogP contribution in [0, 0.1) is 15.0 Å². The molecule has 1 N–H and O–H groups in total. The normalized spacial score (nSPS) is 9.88. The van der Waals surface area contributed by atoms with Crippen LogP contribution >= 0.6 is 15.9 Å². The standard InChI is InChI=1S/C14H10BrN3O6/c15-10-2-1-9(13(7-10)18(21)22)8-23-14(19)24-12-5-3-11(4-6-12)16-17-20/h1-7H,8H2,(H,16,20). The third kappa shape index (κ3) is 4.74. The molecule has 0 saturated heterocycles. The van der Waals surface area contributed by atoms with Crippen LogP contribution in [0.15, 0.2) is 52.2 Å². The third-order valence-corrected chi connectivity index (χ3v) is 3.31. The van der Waals surface area contributed by atoms with Gasteiger partial charge < -0.3 is 9.47 Å². The molecule has 0 aliphatic carbocycles. The van der Waals surface area contributed by atoms with E-state index in [1.54, 1.807) is 6.07 Å². The van der Waals surface area contributed by atoms with Crippen molar-refractivity contribution >= 4 is 33.5 Å². The summed E-state index contributed by atoms with van der Waals surface area (Å²) in [6.45, 7) is -0.308. The van der Waals surface area contributed by atoms with Crippen molar-refractivity contribution in [1.82, 2.24) is 0 Å². The minimum absolute atomic E-state index is 0.172. The average molecular weight is 396 g/mol. The van der Waals surface area contributed by atoms with Gasteiger partial charge in [-0.15, -0.1) is 4.91 Å². The molecule has 0 saturated carbocycles. The van der Waals surface area contributed by atoms with Crippen LogP contribution in [0.3, 0.4) is 0 Å². The number of carbonyl (C=O) groups excluding carboxylic acids is 1. The number of nitroso groups, excluding NO2 is 1. The average Bonchev–Trinajstić information content (AvgIpc) is 2.55. The Labute approximate surface area is 143 Å². The molecule has 0 radical (unpaired) electrons. The van der Waals surface area contributed by atoms with E-state index >= 15 is 0 Å². The van der Waals surface area contributed by atoms with E-state index in [0.29, 0.717) is 10.2 Å². The van der Waals surface area contributed by atoms with E-state index in [0.717, 1.165) is 0 Å². The molecule has 0 bridgehead atoms. The first-order valence-electron chi connectivity index (χ1n) is 6.45. The van der Waals surface area contributed by atoms with Gasteiger partial charge >= 0.3 is 6.16 Å². The first-order valence-corrected chi connectivity index (χ1v) is 7.25. The minimum Gasteiger partial charge on any atom is -0.429 e. The SMILES string of the molecule is O=NNc1ccc(OC(=O)OCc2ccc(Br)cc2[N+](=O)[O-])cc1. The Bertz CT molecular complexity index is 766. The van der Waals surface area contributed by atoms with Gasteiger partial charge in [0, 0.05) is 10.5 Å². The number of nitro benzene ring substituents is 1. The van der Waals surface area contributed by atoms with Gasteiger partial charge in [-0.1, -0.05) is 15.9 Å². The quantitative estimate of drug-likeness (QED) is 0.256. The Morgan fingerprint density at radius 1 is 1.25 bits per heavy atom. The van der Waals surface area contributed by atoms with E-state index in [1.807, 2.05) is 0 Å². The minimum atomic E-state index is -1.01. The van der Waals surface area contributed by atoms with E-state index in [2.05, 4.69) is 26.6 Å². The van der Waals surface area contributed by atoms with Gasteiger partial charge in [-0.25, -0.2) is 10.2 Å². The van der Waals surface area contributed by atoms with Gasteiger partial charge in [0.2, 0.25) is 0 Å². The first kappa shape index (κ1) is 17.3. The topological polar surface area (TPSA) is 120 Å². The monoisotopic (exact) mass is 395 g/mol. The zero-order valence-electron chi connectivity index (χ0n) is 12.0. The maximum absolute atomic E-state index is 11.6. The van der Waals surface area contributed by atoms with Crippen molar-refractivity contribution in [3.05, 3.63) is 67.5 Å². The van der Waals surface area contributed by atoms with Crippen molar-refractivity contribution in [3.63, 3.8) is 0 Å². The fraction of sp³-hybridized carbons (Fsp3) is 0.0714. The molecule has 0 fully saturated rings. The van der Waals surface area contributed by atoms with Crippen LogP contribution in [0.25, 0.3) is 0 Å². The van der Waals surface area contributed by atoms with Crippen LogP contribution in [0.5, 0.6) is 5.75 Å². The van der Waals surface area contributed by atoms with Gasteiger partial charge in [-0.05, 0) is 36.4 Å². The van der Waals surface area contributed by atoms with Gasteiger partial charge in [0.05, 0.1) is 21.5 Å². The molecule has 0 aliphatic heterocycles. The Balaban J connectivity index is 1.96. The number of benzene rings is 2. The maximum atomic E-state index is 11.6. The number of nitrogens with zero attached hydrogens (tertiary/aromatic N) is 2. The molecule has 9 nitrogen and oxygen atoms in total. The van der Waals surface area contributed by atoms with E-state index in [4.69, 9.17) is 9.47 Å². The molecule has 0 heterocycles. The largest absolute Gasteiger partial charge is 0.514 e. The molecule has 0 spiro atoms. The number of anilines is 1. The lowest BCUT2D eigenvalue weighted by Crippen LogP contribution is -2.11. The summed E-state index contributed by atoms with van der Waals surface area (Å²) in [4.78, 5) is 32.1. The van der Waals surface area contributed by atoms with Gasteiger partial charge in [0.15, 0.2) is 0 Å². The number of rotatable bonds is 6. The second-order valence-electron chi connectivity index (χ2n) is 4.40. The number of halogens is 1. The summed E-state index contributed by atoms with van der Waals surface area (Å²) in [7, 11) is 0. The maximum Gasteiger partial charge on any atom is 0.514 e. The Kier molecular flexibility index (Phi) is 5.79. The summed E-state index contributed by atoms with van der Waals surface area (Å²) in [5.74, 6) is 0.182. The molecule has 0 unspecified atom stereocenters. The Hall–Kier alpha value is -3.01. The third-order valence-electron chi connectivity index (χ3n) is 2.82. The van der Waals surface area contributed by atoms with Gasteiger partial charge in [0.25, 0.3) is 5.69 Å². The highest BCUT2D eigenvalue weighted by molar-refractivity contribution is 9.10. The lowest BCUT2D eigenvalue weighted by molar-refractivity contribution is -0.385. The molecule has 24 heavy (non-hydrogen) atoms. The van der Waals surface area contributed by atoms with E-state index in [9.17, 15) is 19.8 Å². The molecule has 0 amide bonds. The predicted octanol–water partition coefficient (Wildman–Crippen LogP) is 4.17. The highest BCUT2D eigenvalue weighted by atomic mass is 79.9. The van der Waals surface area contributed by atoms with Crippen LogP contribution in [0.1, 0.15) is 5.56 Å². The highest BCUT2D eigenvalue weighted by Crippen LogP contribution is 2.24. The lowest BCUT2D eigenvalue weighted by atomic mass is 10.2. The fourth-order valence-corrected chi connectivity index (χ4v) is 2.09. The van der Waals surface area contributed by atoms with Crippen molar-refractivity contribution in [1.29, 1.82) is 0 Å². The van der Waals surface area contributed by atoms with Crippen molar-refractivity contribution in [2.24, 2.45) is 5.29 Å². The molecule has 2 rings (SSSR count). The summed E-state index contributed by atoms with van der Waals surface area (Å²) in [5, 5.41) is 13.5. The van der Waals surface area contributed by atoms with Crippen molar-refractivity contribution in [3.8, 4) is 5.75 Å². The van der Waals surface area contributed by atoms with Gasteiger partial charge in [-0.3, -0.25) is 10.1 Å². The summed E-state index contributed by atoms with van der Waals surface area (Å²) >= 11 is 3.14. The zero-order valence-corrected chi connectivity index (χ0v) is 13.6. The summed E-state index contributed by atoms with van der Waals surface area (Å²) in [6.07, 6.45) is -1.01. The molecule has 2 aromatic rings. The number of nitro groups is 1. The number of nitrogens with one attached hydrogen (secondary N) is 1. The summed E-state index contributed by atoms with van der Waals surface area (Å²) < 4.78 is 10.3.